The van der Waals surface area contributed by atoms with Gasteiger partial charge in [-0.3, -0.25) is 4.98 Å². The number of hydrogen-bond acceptors (Lipinski definition) is 5. The van der Waals surface area contributed by atoms with E-state index < -0.39 is 5.60 Å². The molecule has 0 saturated carbocycles. The van der Waals surface area contributed by atoms with Crippen molar-refractivity contribution in [2.24, 2.45) is 0 Å². The van der Waals surface area contributed by atoms with Crippen molar-refractivity contribution in [1.82, 2.24) is 4.98 Å². The molecule has 33 heavy (non-hydrogen) atoms. The van der Waals surface area contributed by atoms with Gasteiger partial charge in [-0.2, -0.15) is 0 Å². The van der Waals surface area contributed by atoms with Crippen molar-refractivity contribution < 1.29 is 9.53 Å². The van der Waals surface area contributed by atoms with Crippen molar-refractivity contribution in [2.45, 2.75) is 40.2 Å². The lowest BCUT2D eigenvalue weighted by Gasteiger charge is -2.31. The summed E-state index contributed by atoms with van der Waals surface area (Å²) in [5.41, 5.74) is 5.39. The summed E-state index contributed by atoms with van der Waals surface area (Å²) in [4.78, 5) is 22.2. The molecule has 0 amide bonds. The Bertz CT molecular complexity index is 1060. The Labute approximate surface area is 197 Å². The van der Waals surface area contributed by atoms with E-state index in [9.17, 15) is 4.79 Å². The number of carbonyl (C=O) groups excluding carboxylic acids is 1. The molecule has 1 aliphatic heterocycles. The number of hydrogen-bond donors (Lipinski definition) is 0. The molecule has 1 aliphatic rings. The molecule has 5 heteroatoms. The summed E-state index contributed by atoms with van der Waals surface area (Å²) in [7, 11) is 0. The van der Waals surface area contributed by atoms with Crippen molar-refractivity contribution in [1.29, 1.82) is 0 Å². The largest absolute Gasteiger partial charge is 0.441 e. The van der Waals surface area contributed by atoms with Crippen LogP contribution in [0.3, 0.4) is 0 Å². The molecule has 5 nitrogen and oxygen atoms in total. The number of cyclic esters (lactones) is 1. The molecular weight excluding hydrogens is 410 g/mol. The predicted octanol–water partition coefficient (Wildman–Crippen LogP) is 5.54. The van der Waals surface area contributed by atoms with Gasteiger partial charge in [0.2, 0.25) is 0 Å². The summed E-state index contributed by atoms with van der Waals surface area (Å²) in [6.45, 7) is 14.3. The smallest absolute Gasteiger partial charge is 0.340 e. The maximum Gasteiger partial charge on any atom is 0.340 e. The van der Waals surface area contributed by atoms with Crippen LogP contribution in [0, 0.1) is 6.92 Å². The van der Waals surface area contributed by atoms with Gasteiger partial charge in [-0.15, -0.1) is 0 Å². The third-order valence-electron chi connectivity index (χ3n) is 6.77. The molecule has 0 bridgehead atoms. The van der Waals surface area contributed by atoms with E-state index >= 15 is 0 Å². The van der Waals surface area contributed by atoms with E-state index in [0.717, 1.165) is 59.8 Å². The lowest BCUT2D eigenvalue weighted by Crippen LogP contribution is -2.30. The number of nitrogens with zero attached hydrogens (tertiary/aromatic N) is 3. The average molecular weight is 444 g/mol. The van der Waals surface area contributed by atoms with E-state index in [1.54, 1.807) is 12.4 Å². The van der Waals surface area contributed by atoms with Crippen LogP contribution < -0.4 is 9.80 Å². The lowest BCUT2D eigenvalue weighted by molar-refractivity contribution is 0.0251. The van der Waals surface area contributed by atoms with E-state index in [0.29, 0.717) is 5.56 Å². The minimum atomic E-state index is -1.02. The van der Waals surface area contributed by atoms with Gasteiger partial charge in [0.05, 0.1) is 5.56 Å². The number of ether oxygens (including phenoxy) is 1. The van der Waals surface area contributed by atoms with Crippen LogP contribution in [0.25, 0.3) is 0 Å². The number of fused-ring (bicyclic) bond motifs is 1. The number of carbonyl (C=O) groups is 1. The van der Waals surface area contributed by atoms with Gasteiger partial charge >= 0.3 is 5.97 Å². The average Bonchev–Trinajstić information content (AvgIpc) is 3.16. The lowest BCUT2D eigenvalue weighted by atomic mass is 9.80. The van der Waals surface area contributed by atoms with E-state index in [1.807, 2.05) is 6.92 Å². The molecule has 0 atom stereocenters. The zero-order valence-corrected chi connectivity index (χ0v) is 20.3. The van der Waals surface area contributed by atoms with Crippen molar-refractivity contribution in [3.8, 4) is 0 Å². The molecule has 2 heterocycles. The second-order valence-electron chi connectivity index (χ2n) is 8.39. The Morgan fingerprint density at radius 3 is 1.64 bits per heavy atom. The van der Waals surface area contributed by atoms with Gasteiger partial charge in [0.25, 0.3) is 0 Å². The number of pyridine rings is 1. The second kappa shape index (κ2) is 9.26. The first-order chi connectivity index (χ1) is 16.0. The molecule has 0 aliphatic carbocycles. The summed E-state index contributed by atoms with van der Waals surface area (Å²) in [5, 5.41) is 0. The number of aromatic nitrogens is 1. The van der Waals surface area contributed by atoms with Crippen molar-refractivity contribution >= 4 is 17.3 Å². The Morgan fingerprint density at radius 2 is 1.21 bits per heavy atom. The van der Waals surface area contributed by atoms with Gasteiger partial charge in [0, 0.05) is 66.6 Å². The van der Waals surface area contributed by atoms with E-state index in [2.05, 4.69) is 91.0 Å². The summed E-state index contributed by atoms with van der Waals surface area (Å²) in [6.07, 6.45) is 3.51. The van der Waals surface area contributed by atoms with Crippen LogP contribution in [0.2, 0.25) is 0 Å². The fourth-order valence-electron chi connectivity index (χ4n) is 4.94. The predicted molar refractivity (Wildman–Crippen MR) is 134 cm³/mol. The monoisotopic (exact) mass is 443 g/mol. The van der Waals surface area contributed by atoms with Crippen LogP contribution in [-0.4, -0.2) is 37.1 Å². The second-order valence-corrected chi connectivity index (χ2v) is 8.39. The number of aryl methyl sites for hydroxylation is 1. The standard InChI is InChI=1S/C28H33N3O2/c1-6-30(7-2)23-14-10-21(11-15-23)28(22-12-16-24(17-13-22)31(8-3)9-4)25-19-29-18-20(5)26(25)27(32)33-28/h10-19H,6-9H2,1-5H3. The Morgan fingerprint density at radius 1 is 0.758 bits per heavy atom. The van der Waals surface area contributed by atoms with E-state index in [1.165, 1.54) is 0 Å². The van der Waals surface area contributed by atoms with Crippen molar-refractivity contribution in [3.63, 3.8) is 0 Å². The molecule has 0 spiro atoms. The van der Waals surface area contributed by atoms with Crippen LogP contribution in [0.5, 0.6) is 0 Å². The van der Waals surface area contributed by atoms with Crippen LogP contribution in [0.1, 0.15) is 60.3 Å². The SMILES string of the molecule is CCN(CC)c1ccc(C2(c3ccc(N(CC)CC)cc3)OC(=O)c3c(C)cncc32)cc1. The van der Waals surface area contributed by atoms with Gasteiger partial charge in [0.15, 0.2) is 5.60 Å². The maximum absolute atomic E-state index is 13.1. The van der Waals surface area contributed by atoms with Crippen molar-refractivity contribution in [2.75, 3.05) is 36.0 Å². The van der Waals surface area contributed by atoms with Gasteiger partial charge in [-0.05, 0) is 64.4 Å². The molecule has 1 aromatic heterocycles. The molecule has 3 aromatic rings. The fraction of sp³-hybridized carbons (Fsp3) is 0.357. The van der Waals surface area contributed by atoms with Crippen LogP contribution in [0.4, 0.5) is 11.4 Å². The highest BCUT2D eigenvalue weighted by Gasteiger charge is 2.49. The Balaban J connectivity index is 1.89. The first-order valence-electron chi connectivity index (χ1n) is 11.9. The number of benzene rings is 2. The molecule has 0 N–H and O–H groups in total. The van der Waals surface area contributed by atoms with Gasteiger partial charge in [-0.1, -0.05) is 24.3 Å². The zero-order chi connectivity index (χ0) is 23.6. The van der Waals surface area contributed by atoms with E-state index in [4.69, 9.17) is 4.74 Å². The third-order valence-corrected chi connectivity index (χ3v) is 6.77. The summed E-state index contributed by atoms with van der Waals surface area (Å²) in [6, 6.07) is 16.8. The Hall–Kier alpha value is -3.34. The highest BCUT2D eigenvalue weighted by molar-refractivity contribution is 5.97. The van der Waals surface area contributed by atoms with Crippen molar-refractivity contribution in [3.05, 3.63) is 88.7 Å². The molecule has 2 aromatic carbocycles. The highest BCUT2D eigenvalue weighted by Crippen LogP contribution is 2.48. The highest BCUT2D eigenvalue weighted by atomic mass is 16.6. The number of anilines is 2. The molecule has 0 saturated heterocycles. The molecule has 0 fully saturated rings. The molecule has 172 valence electrons. The first-order valence-corrected chi connectivity index (χ1v) is 11.9. The molecule has 0 unspecified atom stereocenters. The van der Waals surface area contributed by atoms with Gasteiger partial charge in [0.1, 0.15) is 0 Å². The minimum absolute atomic E-state index is 0.300. The third kappa shape index (κ3) is 3.75. The topological polar surface area (TPSA) is 45.7 Å². The maximum atomic E-state index is 13.1. The van der Waals surface area contributed by atoms with Gasteiger partial charge in [-0.25, -0.2) is 4.79 Å². The summed E-state index contributed by atoms with van der Waals surface area (Å²) < 4.78 is 6.27. The minimum Gasteiger partial charge on any atom is -0.441 e. The van der Waals surface area contributed by atoms with Crippen LogP contribution in [0.15, 0.2) is 60.9 Å². The quantitative estimate of drug-likeness (QED) is 0.428. The molecular formula is C28H33N3O2. The molecule has 4 rings (SSSR count). The number of rotatable bonds is 8. The number of esters is 1. The van der Waals surface area contributed by atoms with Crippen LogP contribution in [-0.2, 0) is 10.3 Å². The first kappa shape index (κ1) is 22.8. The zero-order valence-electron chi connectivity index (χ0n) is 20.3. The Kier molecular flexibility index (Phi) is 6.41. The van der Waals surface area contributed by atoms with E-state index in [-0.39, 0.29) is 5.97 Å². The fourth-order valence-corrected chi connectivity index (χ4v) is 4.94. The molecule has 0 radical (unpaired) electrons. The summed E-state index contributed by atoms with van der Waals surface area (Å²) in [5.74, 6) is -0.300. The van der Waals surface area contributed by atoms with Gasteiger partial charge < -0.3 is 14.5 Å². The normalized spacial score (nSPS) is 14.0. The summed E-state index contributed by atoms with van der Waals surface area (Å²) >= 11 is 0. The van der Waals surface area contributed by atoms with Crippen LogP contribution >= 0.6 is 0 Å².